The highest BCUT2D eigenvalue weighted by Gasteiger charge is 2.13. The number of furan rings is 1. The van der Waals surface area contributed by atoms with E-state index >= 15 is 0 Å². The number of carbonyl (C=O) groups excluding carboxylic acids is 2. The number of para-hydroxylation sites is 1. The molecule has 2 heterocycles. The number of amides is 2. The zero-order valence-electron chi connectivity index (χ0n) is 16.2. The molecule has 0 spiro atoms. The Morgan fingerprint density at radius 2 is 1.63 bits per heavy atom. The summed E-state index contributed by atoms with van der Waals surface area (Å²) in [6.45, 7) is 0.280. The maximum absolute atomic E-state index is 12.6. The van der Waals surface area contributed by atoms with Gasteiger partial charge in [0.1, 0.15) is 5.76 Å². The predicted octanol–water partition coefficient (Wildman–Crippen LogP) is 4.18. The molecule has 0 radical (unpaired) electrons. The Kier molecular flexibility index (Phi) is 5.75. The monoisotopic (exact) mass is 399 g/mol. The number of nitrogens with one attached hydrogen (secondary N) is 2. The zero-order chi connectivity index (χ0) is 20.8. The number of rotatable bonds is 7. The molecule has 0 aliphatic rings. The summed E-state index contributed by atoms with van der Waals surface area (Å²) in [6.07, 6.45) is 5.71. The lowest BCUT2D eigenvalue weighted by molar-refractivity contribution is -0.115. The third-order valence-corrected chi connectivity index (χ3v) is 4.65. The molecule has 150 valence electrons. The number of anilines is 1. The average molecular weight is 399 g/mol. The van der Waals surface area contributed by atoms with Gasteiger partial charge >= 0.3 is 0 Å². The topological polar surface area (TPSA) is 76.3 Å². The van der Waals surface area contributed by atoms with E-state index in [-0.39, 0.29) is 24.8 Å². The van der Waals surface area contributed by atoms with E-state index in [1.165, 1.54) is 0 Å². The highest BCUT2D eigenvalue weighted by Crippen LogP contribution is 2.17. The van der Waals surface area contributed by atoms with Gasteiger partial charge in [0.15, 0.2) is 0 Å². The standard InChI is InChI=1S/C24H21N3O3/c28-23(16-18-9-11-19(12-10-18)27-13-3-4-14-27)26-22-8-2-1-7-21(22)24(29)25-17-20-6-5-15-30-20/h1-15H,16-17H2,(H,25,29)(H,26,28). The smallest absolute Gasteiger partial charge is 0.253 e. The van der Waals surface area contributed by atoms with Crippen LogP contribution in [0.1, 0.15) is 21.7 Å². The van der Waals surface area contributed by atoms with Gasteiger partial charge in [-0.1, -0.05) is 24.3 Å². The fourth-order valence-corrected chi connectivity index (χ4v) is 3.14. The third-order valence-electron chi connectivity index (χ3n) is 4.65. The van der Waals surface area contributed by atoms with Crippen LogP contribution in [0.4, 0.5) is 5.69 Å². The van der Waals surface area contributed by atoms with Crippen LogP contribution >= 0.6 is 0 Å². The largest absolute Gasteiger partial charge is 0.467 e. The lowest BCUT2D eigenvalue weighted by Crippen LogP contribution is -2.25. The van der Waals surface area contributed by atoms with Gasteiger partial charge in [-0.05, 0) is 54.1 Å². The molecule has 0 saturated carbocycles. The van der Waals surface area contributed by atoms with Crippen LogP contribution in [0.15, 0.2) is 95.9 Å². The fraction of sp³-hybridized carbons (Fsp3) is 0.0833. The van der Waals surface area contributed by atoms with E-state index in [1.54, 1.807) is 42.7 Å². The minimum absolute atomic E-state index is 0.185. The highest BCUT2D eigenvalue weighted by atomic mass is 16.3. The first-order chi connectivity index (χ1) is 14.7. The van der Waals surface area contributed by atoms with Gasteiger partial charge in [0.2, 0.25) is 5.91 Å². The van der Waals surface area contributed by atoms with Gasteiger partial charge in [-0.2, -0.15) is 0 Å². The van der Waals surface area contributed by atoms with E-state index in [1.807, 2.05) is 53.4 Å². The summed E-state index contributed by atoms with van der Waals surface area (Å²) >= 11 is 0. The number of carbonyl (C=O) groups is 2. The van der Waals surface area contributed by atoms with Gasteiger partial charge in [0.05, 0.1) is 30.5 Å². The van der Waals surface area contributed by atoms with Crippen molar-refractivity contribution in [1.29, 1.82) is 0 Å². The summed E-state index contributed by atoms with van der Waals surface area (Å²) in [6, 6.07) is 22.2. The molecule has 0 fully saturated rings. The van der Waals surface area contributed by atoms with Crippen LogP contribution < -0.4 is 10.6 Å². The van der Waals surface area contributed by atoms with E-state index in [2.05, 4.69) is 10.6 Å². The summed E-state index contributed by atoms with van der Waals surface area (Å²) < 4.78 is 7.23. The predicted molar refractivity (Wildman–Crippen MR) is 114 cm³/mol. The second kappa shape index (κ2) is 8.96. The molecule has 2 aromatic carbocycles. The molecule has 2 N–H and O–H groups in total. The zero-order valence-corrected chi connectivity index (χ0v) is 16.2. The highest BCUT2D eigenvalue weighted by molar-refractivity contribution is 6.04. The van der Waals surface area contributed by atoms with Crippen molar-refractivity contribution in [2.24, 2.45) is 0 Å². The van der Waals surface area contributed by atoms with Crippen molar-refractivity contribution in [3.8, 4) is 5.69 Å². The van der Waals surface area contributed by atoms with E-state index in [4.69, 9.17) is 4.42 Å². The van der Waals surface area contributed by atoms with Crippen LogP contribution in [0.25, 0.3) is 5.69 Å². The van der Waals surface area contributed by atoms with Crippen LogP contribution in [0.3, 0.4) is 0 Å². The number of hydrogen-bond donors (Lipinski definition) is 2. The number of nitrogens with zero attached hydrogens (tertiary/aromatic N) is 1. The molecular formula is C24H21N3O3. The minimum atomic E-state index is -0.279. The van der Waals surface area contributed by atoms with Crippen LogP contribution in [-0.2, 0) is 17.8 Å². The molecule has 2 aromatic heterocycles. The molecule has 0 unspecified atom stereocenters. The molecule has 6 nitrogen and oxygen atoms in total. The fourth-order valence-electron chi connectivity index (χ4n) is 3.14. The number of hydrogen-bond acceptors (Lipinski definition) is 3. The van der Waals surface area contributed by atoms with Crippen molar-refractivity contribution in [2.45, 2.75) is 13.0 Å². The van der Waals surface area contributed by atoms with Gasteiger partial charge in [0.25, 0.3) is 5.91 Å². The summed E-state index contributed by atoms with van der Waals surface area (Å²) in [5.41, 5.74) is 2.80. The van der Waals surface area contributed by atoms with Gasteiger partial charge in [-0.25, -0.2) is 0 Å². The summed E-state index contributed by atoms with van der Waals surface area (Å²) in [5.74, 6) is 0.196. The third kappa shape index (κ3) is 4.67. The Hall–Kier alpha value is -4.06. The Morgan fingerprint density at radius 1 is 0.867 bits per heavy atom. The molecule has 4 rings (SSSR count). The molecule has 0 saturated heterocycles. The van der Waals surface area contributed by atoms with E-state index in [9.17, 15) is 9.59 Å². The first-order valence-corrected chi connectivity index (χ1v) is 9.61. The van der Waals surface area contributed by atoms with Crippen LogP contribution in [0, 0.1) is 0 Å². The second-order valence-corrected chi connectivity index (χ2v) is 6.79. The van der Waals surface area contributed by atoms with Gasteiger partial charge in [-0.15, -0.1) is 0 Å². The number of benzene rings is 2. The SMILES string of the molecule is O=C(Cc1ccc(-n2cccc2)cc1)Nc1ccccc1C(=O)NCc1ccco1. The van der Waals surface area contributed by atoms with E-state index < -0.39 is 0 Å². The molecule has 0 aliphatic carbocycles. The van der Waals surface area contributed by atoms with Crippen molar-refractivity contribution in [3.63, 3.8) is 0 Å². The van der Waals surface area contributed by atoms with Crippen LogP contribution in [0.5, 0.6) is 0 Å². The van der Waals surface area contributed by atoms with Crippen molar-refractivity contribution < 1.29 is 14.0 Å². The molecule has 6 heteroatoms. The van der Waals surface area contributed by atoms with Gasteiger partial charge < -0.3 is 19.6 Å². The maximum Gasteiger partial charge on any atom is 0.253 e. The summed E-state index contributed by atoms with van der Waals surface area (Å²) in [5, 5.41) is 5.64. The van der Waals surface area contributed by atoms with E-state index in [0.29, 0.717) is 17.0 Å². The normalized spacial score (nSPS) is 10.5. The van der Waals surface area contributed by atoms with Crippen molar-refractivity contribution >= 4 is 17.5 Å². The molecule has 0 atom stereocenters. The Balaban J connectivity index is 1.39. The van der Waals surface area contributed by atoms with Crippen molar-refractivity contribution in [3.05, 3.63) is 108 Å². The molecule has 0 aliphatic heterocycles. The van der Waals surface area contributed by atoms with E-state index in [0.717, 1.165) is 11.3 Å². The lowest BCUT2D eigenvalue weighted by atomic mass is 10.1. The summed E-state index contributed by atoms with van der Waals surface area (Å²) in [7, 11) is 0. The van der Waals surface area contributed by atoms with Gasteiger partial charge in [-0.3, -0.25) is 9.59 Å². The Labute approximate surface area is 174 Å². The van der Waals surface area contributed by atoms with Crippen LogP contribution in [0.2, 0.25) is 0 Å². The second-order valence-electron chi connectivity index (χ2n) is 6.79. The van der Waals surface area contributed by atoms with Gasteiger partial charge in [0, 0.05) is 18.1 Å². The lowest BCUT2D eigenvalue weighted by Gasteiger charge is -2.11. The Morgan fingerprint density at radius 3 is 2.37 bits per heavy atom. The average Bonchev–Trinajstić information content (AvgIpc) is 3.47. The van der Waals surface area contributed by atoms with Crippen LogP contribution in [-0.4, -0.2) is 16.4 Å². The summed E-state index contributed by atoms with van der Waals surface area (Å²) in [4.78, 5) is 25.1. The molecule has 0 bridgehead atoms. The Bertz CT molecular complexity index is 1110. The quantitative estimate of drug-likeness (QED) is 0.489. The van der Waals surface area contributed by atoms with Crippen molar-refractivity contribution in [2.75, 3.05) is 5.32 Å². The number of aromatic nitrogens is 1. The maximum atomic E-state index is 12.6. The first-order valence-electron chi connectivity index (χ1n) is 9.61. The molecule has 30 heavy (non-hydrogen) atoms. The molecule has 4 aromatic rings. The molecule has 2 amide bonds. The first kappa shape index (κ1) is 19.3. The minimum Gasteiger partial charge on any atom is -0.467 e. The molecular weight excluding hydrogens is 378 g/mol. The van der Waals surface area contributed by atoms with Crippen molar-refractivity contribution in [1.82, 2.24) is 9.88 Å².